The molecule has 2 amide bonds. The molecule has 0 atom stereocenters. The van der Waals surface area contributed by atoms with E-state index in [-0.39, 0.29) is 21.4 Å². The normalized spacial score (nSPS) is 14.7. The standard InChI is InChI=1S/C21H24ClN3O5S/c1-24(30-2)31(28,29)19-13-16(9-10-18(19)22)21(27)23-17-7-5-6-15(12-17)14-25-11-4-3-8-20(25)26/h5-7,9-10,12-13H,3-4,8,11,14H2,1-2H3,(H,23,27). The zero-order valence-corrected chi connectivity index (χ0v) is 18.9. The number of likely N-dealkylation sites (tertiary alicyclic amines) is 1. The van der Waals surface area contributed by atoms with Crippen molar-refractivity contribution in [3.63, 3.8) is 0 Å². The van der Waals surface area contributed by atoms with Gasteiger partial charge in [-0.2, -0.15) is 0 Å². The van der Waals surface area contributed by atoms with Crippen LogP contribution in [0.15, 0.2) is 47.4 Å². The maximum atomic E-state index is 12.7. The van der Waals surface area contributed by atoms with Crippen LogP contribution in [0.1, 0.15) is 35.2 Å². The topological polar surface area (TPSA) is 96.0 Å². The lowest BCUT2D eigenvalue weighted by Crippen LogP contribution is -2.34. The van der Waals surface area contributed by atoms with Crippen LogP contribution in [0.3, 0.4) is 0 Å². The van der Waals surface area contributed by atoms with Gasteiger partial charge >= 0.3 is 0 Å². The minimum absolute atomic E-state index is 0.0198. The van der Waals surface area contributed by atoms with Gasteiger partial charge < -0.3 is 10.2 Å². The van der Waals surface area contributed by atoms with Gasteiger partial charge in [0.15, 0.2) is 0 Å². The van der Waals surface area contributed by atoms with Gasteiger partial charge in [-0.05, 0) is 48.7 Å². The molecule has 0 unspecified atom stereocenters. The van der Waals surface area contributed by atoms with Crippen molar-refractivity contribution in [3.8, 4) is 0 Å². The lowest BCUT2D eigenvalue weighted by atomic mass is 10.1. The van der Waals surface area contributed by atoms with Crippen molar-refractivity contribution in [1.82, 2.24) is 9.37 Å². The highest BCUT2D eigenvalue weighted by Crippen LogP contribution is 2.26. The molecule has 2 aromatic carbocycles. The fourth-order valence-corrected chi connectivity index (χ4v) is 4.75. The van der Waals surface area contributed by atoms with Crippen LogP contribution in [0.2, 0.25) is 5.02 Å². The molecule has 0 aliphatic carbocycles. The summed E-state index contributed by atoms with van der Waals surface area (Å²) in [5, 5.41) is 2.74. The van der Waals surface area contributed by atoms with Gasteiger partial charge in [0.25, 0.3) is 15.9 Å². The number of hydroxylamine groups is 1. The molecule has 166 valence electrons. The van der Waals surface area contributed by atoms with Crippen LogP contribution in [-0.4, -0.2) is 50.3 Å². The number of nitrogens with zero attached hydrogens (tertiary/aromatic N) is 2. The summed E-state index contributed by atoms with van der Waals surface area (Å²) >= 11 is 6.05. The largest absolute Gasteiger partial charge is 0.338 e. The van der Waals surface area contributed by atoms with Crippen LogP contribution in [0, 0.1) is 0 Å². The van der Waals surface area contributed by atoms with Crippen molar-refractivity contribution in [2.24, 2.45) is 0 Å². The summed E-state index contributed by atoms with van der Waals surface area (Å²) in [5.74, 6) is -0.351. The minimum Gasteiger partial charge on any atom is -0.338 e. The summed E-state index contributed by atoms with van der Waals surface area (Å²) < 4.78 is 25.7. The molecule has 0 spiro atoms. The smallest absolute Gasteiger partial charge is 0.266 e. The molecule has 1 heterocycles. The Bertz CT molecular complexity index is 1090. The van der Waals surface area contributed by atoms with E-state index < -0.39 is 15.9 Å². The van der Waals surface area contributed by atoms with Crippen molar-refractivity contribution in [2.75, 3.05) is 26.0 Å². The van der Waals surface area contributed by atoms with E-state index in [0.29, 0.717) is 23.1 Å². The highest BCUT2D eigenvalue weighted by molar-refractivity contribution is 7.89. The summed E-state index contributed by atoms with van der Waals surface area (Å²) in [6, 6.07) is 11.2. The first-order valence-electron chi connectivity index (χ1n) is 9.73. The fraction of sp³-hybridized carbons (Fsp3) is 0.333. The highest BCUT2D eigenvalue weighted by atomic mass is 35.5. The van der Waals surface area contributed by atoms with Gasteiger partial charge in [-0.15, -0.1) is 0 Å². The number of carbonyl (C=O) groups is 2. The molecule has 10 heteroatoms. The van der Waals surface area contributed by atoms with Gasteiger partial charge in [0, 0.05) is 37.8 Å². The lowest BCUT2D eigenvalue weighted by molar-refractivity contribution is -0.133. The molecule has 1 aliphatic heterocycles. The number of nitrogens with one attached hydrogen (secondary N) is 1. The van der Waals surface area contributed by atoms with Gasteiger partial charge in [0.05, 0.1) is 12.1 Å². The number of rotatable bonds is 7. The SMILES string of the molecule is CON(C)S(=O)(=O)c1cc(C(=O)Nc2cccc(CN3CCCCC3=O)c2)ccc1Cl. The van der Waals surface area contributed by atoms with E-state index in [1.165, 1.54) is 32.4 Å². The monoisotopic (exact) mass is 465 g/mol. The van der Waals surface area contributed by atoms with Crippen LogP contribution in [0.5, 0.6) is 0 Å². The Kier molecular flexibility index (Phi) is 7.32. The van der Waals surface area contributed by atoms with E-state index in [1.54, 1.807) is 18.2 Å². The highest BCUT2D eigenvalue weighted by Gasteiger charge is 2.25. The van der Waals surface area contributed by atoms with Crippen LogP contribution < -0.4 is 5.32 Å². The molecule has 0 radical (unpaired) electrons. The molecule has 0 aromatic heterocycles. The van der Waals surface area contributed by atoms with Crippen LogP contribution in [-0.2, 0) is 26.2 Å². The third-order valence-electron chi connectivity index (χ3n) is 5.05. The lowest BCUT2D eigenvalue weighted by Gasteiger charge is -2.26. The van der Waals surface area contributed by atoms with E-state index in [4.69, 9.17) is 16.4 Å². The number of benzene rings is 2. The average molecular weight is 466 g/mol. The van der Waals surface area contributed by atoms with Gasteiger partial charge in [0.1, 0.15) is 4.90 Å². The molecule has 1 N–H and O–H groups in total. The molecule has 0 saturated carbocycles. The molecule has 1 fully saturated rings. The number of hydrogen-bond acceptors (Lipinski definition) is 5. The molecule has 1 saturated heterocycles. The first-order chi connectivity index (χ1) is 14.7. The number of anilines is 1. The van der Waals surface area contributed by atoms with Crippen LogP contribution in [0.4, 0.5) is 5.69 Å². The summed E-state index contributed by atoms with van der Waals surface area (Å²) in [7, 11) is -1.57. The second kappa shape index (κ2) is 9.78. The Hall–Kier alpha value is -2.46. The van der Waals surface area contributed by atoms with Gasteiger partial charge in [-0.1, -0.05) is 28.2 Å². The summed E-state index contributed by atoms with van der Waals surface area (Å²) in [6.07, 6.45) is 2.48. The van der Waals surface area contributed by atoms with Gasteiger partial charge in [0.2, 0.25) is 5.91 Å². The molecule has 8 nitrogen and oxygen atoms in total. The average Bonchev–Trinajstić information content (AvgIpc) is 2.75. The predicted octanol–water partition coefficient (Wildman–Crippen LogP) is 3.29. The van der Waals surface area contributed by atoms with Crippen molar-refractivity contribution >= 4 is 39.1 Å². The molecule has 31 heavy (non-hydrogen) atoms. The van der Waals surface area contributed by atoms with Gasteiger partial charge in [-0.3, -0.25) is 14.4 Å². The first-order valence-corrected chi connectivity index (χ1v) is 11.5. The summed E-state index contributed by atoms with van der Waals surface area (Å²) in [6.45, 7) is 1.21. The minimum atomic E-state index is -4.02. The number of hydrogen-bond donors (Lipinski definition) is 1. The summed E-state index contributed by atoms with van der Waals surface area (Å²) in [4.78, 5) is 31.1. The van der Waals surface area contributed by atoms with E-state index in [2.05, 4.69) is 5.32 Å². The van der Waals surface area contributed by atoms with E-state index >= 15 is 0 Å². The Morgan fingerprint density at radius 2 is 2.00 bits per heavy atom. The van der Waals surface area contributed by atoms with E-state index in [0.717, 1.165) is 24.9 Å². The first kappa shape index (κ1) is 23.2. The van der Waals surface area contributed by atoms with E-state index in [1.807, 2.05) is 11.0 Å². The fourth-order valence-electron chi connectivity index (χ4n) is 3.28. The number of carbonyl (C=O) groups excluding carboxylic acids is 2. The third kappa shape index (κ3) is 5.43. The number of sulfonamides is 1. The number of piperidine rings is 1. The Morgan fingerprint density at radius 3 is 2.71 bits per heavy atom. The molecule has 1 aliphatic rings. The summed E-state index contributed by atoms with van der Waals surface area (Å²) in [5.41, 5.74) is 1.57. The van der Waals surface area contributed by atoms with Crippen molar-refractivity contribution in [2.45, 2.75) is 30.7 Å². The van der Waals surface area contributed by atoms with Crippen molar-refractivity contribution in [3.05, 3.63) is 58.6 Å². The molecule has 0 bridgehead atoms. The molecular formula is C21H24ClN3O5S. The Labute approximate surface area is 186 Å². The molecular weight excluding hydrogens is 442 g/mol. The Balaban J connectivity index is 1.78. The van der Waals surface area contributed by atoms with E-state index in [9.17, 15) is 18.0 Å². The zero-order valence-electron chi connectivity index (χ0n) is 17.3. The second-order valence-electron chi connectivity index (χ2n) is 7.17. The molecule has 3 rings (SSSR count). The maximum Gasteiger partial charge on any atom is 0.266 e. The maximum absolute atomic E-state index is 12.7. The number of amides is 2. The second-order valence-corrected chi connectivity index (χ2v) is 9.48. The predicted molar refractivity (Wildman–Crippen MR) is 117 cm³/mol. The third-order valence-corrected chi connectivity index (χ3v) is 7.21. The quantitative estimate of drug-likeness (QED) is 0.633. The van der Waals surface area contributed by atoms with Crippen molar-refractivity contribution < 1.29 is 22.8 Å². The van der Waals surface area contributed by atoms with Crippen molar-refractivity contribution in [1.29, 1.82) is 0 Å². The van der Waals surface area contributed by atoms with Crippen LogP contribution in [0.25, 0.3) is 0 Å². The zero-order chi connectivity index (χ0) is 22.6. The molecule has 2 aromatic rings. The number of halogens is 1. The van der Waals surface area contributed by atoms with Crippen LogP contribution >= 0.6 is 11.6 Å². The van der Waals surface area contributed by atoms with Gasteiger partial charge in [-0.25, -0.2) is 8.42 Å². The Morgan fingerprint density at radius 1 is 1.23 bits per heavy atom.